The van der Waals surface area contributed by atoms with Crippen LogP contribution in [0.1, 0.15) is 38.5 Å². The molecule has 6 rings (SSSR count). The summed E-state index contributed by atoms with van der Waals surface area (Å²) in [6.07, 6.45) is 6.36. The van der Waals surface area contributed by atoms with Gasteiger partial charge < -0.3 is 14.5 Å². The molecule has 164 valence electrons. The van der Waals surface area contributed by atoms with Crippen LogP contribution in [0.25, 0.3) is 10.9 Å². The number of halogens is 1. The van der Waals surface area contributed by atoms with Crippen LogP contribution in [0.2, 0.25) is 0 Å². The number of hydrogen-bond acceptors (Lipinski definition) is 5. The van der Waals surface area contributed by atoms with Crippen LogP contribution in [0.4, 0.5) is 10.3 Å². The number of aromatic nitrogens is 2. The second-order valence-corrected chi connectivity index (χ2v) is 9.90. The number of H-pyrrole nitrogens is 1. The Balaban J connectivity index is 1.16. The van der Waals surface area contributed by atoms with Crippen LogP contribution < -0.4 is 15.2 Å². The maximum Gasteiger partial charge on any atom is 0.263 e. The lowest BCUT2D eigenvalue weighted by atomic mass is 9.72. The van der Waals surface area contributed by atoms with Crippen molar-refractivity contribution >= 4 is 22.8 Å². The number of hydrogen-bond donors (Lipinski definition) is 1. The number of piperidine rings is 1. The number of ether oxygens (including phenoxy) is 1. The van der Waals surface area contributed by atoms with E-state index in [4.69, 9.17) is 4.74 Å². The van der Waals surface area contributed by atoms with Crippen LogP contribution in [0.5, 0.6) is 5.75 Å². The molecule has 1 aromatic heterocycles. The van der Waals surface area contributed by atoms with Crippen LogP contribution in [0.15, 0.2) is 16.9 Å². The van der Waals surface area contributed by atoms with E-state index < -0.39 is 11.4 Å². The molecule has 1 N–H and O–H groups in total. The van der Waals surface area contributed by atoms with Crippen molar-refractivity contribution in [2.45, 2.75) is 38.5 Å². The zero-order valence-electron chi connectivity index (χ0n) is 17.5. The molecule has 2 aliphatic carbocycles. The summed E-state index contributed by atoms with van der Waals surface area (Å²) in [5.41, 5.74) is 0.0429. The molecule has 0 bridgehead atoms. The second kappa shape index (κ2) is 6.93. The van der Waals surface area contributed by atoms with E-state index in [1.807, 2.05) is 4.90 Å². The first kappa shape index (κ1) is 19.1. The summed E-state index contributed by atoms with van der Waals surface area (Å²) in [5, 5.41) is -0.0235. The monoisotopic (exact) mass is 426 g/mol. The van der Waals surface area contributed by atoms with Gasteiger partial charge in [0.25, 0.3) is 5.56 Å². The highest BCUT2D eigenvalue weighted by molar-refractivity contribution is 5.81. The quantitative estimate of drug-likeness (QED) is 0.795. The van der Waals surface area contributed by atoms with Crippen LogP contribution >= 0.6 is 0 Å². The molecule has 4 aliphatic rings. The first-order chi connectivity index (χ1) is 15.0. The van der Waals surface area contributed by atoms with Crippen molar-refractivity contribution < 1.29 is 13.9 Å². The summed E-state index contributed by atoms with van der Waals surface area (Å²) in [6.45, 7) is 3.81. The van der Waals surface area contributed by atoms with Crippen LogP contribution in [0, 0.1) is 23.1 Å². The molecule has 2 aromatic rings. The van der Waals surface area contributed by atoms with Gasteiger partial charge in [-0.2, -0.15) is 0 Å². The lowest BCUT2D eigenvalue weighted by Crippen LogP contribution is -2.61. The third kappa shape index (κ3) is 3.55. The number of anilines is 1. The van der Waals surface area contributed by atoms with Crippen molar-refractivity contribution in [1.29, 1.82) is 0 Å². The number of carbonyl (C=O) groups excluding carboxylic acids is 1. The number of nitrogens with one attached hydrogen (secondary N) is 1. The number of amides is 1. The average molecular weight is 426 g/mol. The number of benzene rings is 1. The predicted octanol–water partition coefficient (Wildman–Crippen LogP) is 2.69. The van der Waals surface area contributed by atoms with Crippen molar-refractivity contribution in [2.24, 2.45) is 17.3 Å². The van der Waals surface area contributed by atoms with Crippen molar-refractivity contribution in [2.75, 3.05) is 37.7 Å². The van der Waals surface area contributed by atoms with Crippen molar-refractivity contribution in [3.63, 3.8) is 0 Å². The van der Waals surface area contributed by atoms with Gasteiger partial charge in [-0.05, 0) is 44.4 Å². The van der Waals surface area contributed by atoms with Gasteiger partial charge in [-0.3, -0.25) is 14.6 Å². The lowest BCUT2D eigenvalue weighted by molar-refractivity contribution is -0.135. The first-order valence-corrected chi connectivity index (χ1v) is 11.4. The third-order valence-electron chi connectivity index (χ3n) is 7.32. The van der Waals surface area contributed by atoms with Crippen LogP contribution in [-0.4, -0.2) is 53.6 Å². The molecule has 7 nitrogen and oxygen atoms in total. The molecule has 31 heavy (non-hydrogen) atoms. The summed E-state index contributed by atoms with van der Waals surface area (Å²) >= 11 is 0. The predicted molar refractivity (Wildman–Crippen MR) is 114 cm³/mol. The Morgan fingerprint density at radius 1 is 1.19 bits per heavy atom. The molecule has 0 atom stereocenters. The smallest absolute Gasteiger partial charge is 0.263 e. The summed E-state index contributed by atoms with van der Waals surface area (Å²) in [5.74, 6) is 1.47. The molecular formula is C23H27FN4O3. The summed E-state index contributed by atoms with van der Waals surface area (Å²) < 4.78 is 20.2. The van der Waals surface area contributed by atoms with Gasteiger partial charge in [-0.1, -0.05) is 0 Å². The number of rotatable bonds is 5. The van der Waals surface area contributed by atoms with Crippen molar-refractivity contribution in [3.05, 3.63) is 28.3 Å². The average Bonchev–Trinajstić information content (AvgIpc) is 3.63. The van der Waals surface area contributed by atoms with E-state index in [9.17, 15) is 14.0 Å². The maximum absolute atomic E-state index is 14.5. The largest absolute Gasteiger partial charge is 0.493 e. The van der Waals surface area contributed by atoms with Crippen LogP contribution in [0.3, 0.4) is 0 Å². The first-order valence-electron chi connectivity index (χ1n) is 11.4. The molecule has 2 saturated heterocycles. The standard InChI is InChI=1S/C23H27FN4O3/c24-17-9-16(31-11-14-1-2-14)10-18-19(17)20(29)26-22(25-18)28-12-23(13-28)5-7-27(8-6-23)21(30)15-3-4-15/h9-10,14-15H,1-8,11-13H2,(H,25,26,29). The molecule has 3 heterocycles. The van der Waals surface area contributed by atoms with Crippen LogP contribution in [-0.2, 0) is 4.79 Å². The van der Waals surface area contributed by atoms with Gasteiger partial charge in [0.05, 0.1) is 12.1 Å². The normalized spacial score (nSPS) is 22.6. The molecule has 1 amide bonds. The zero-order valence-corrected chi connectivity index (χ0v) is 17.5. The van der Waals surface area contributed by atoms with E-state index in [1.54, 1.807) is 6.07 Å². The van der Waals surface area contributed by atoms with E-state index in [2.05, 4.69) is 14.9 Å². The second-order valence-electron chi connectivity index (χ2n) is 9.90. The Labute approximate surface area is 179 Å². The number of carbonyl (C=O) groups is 1. The molecule has 0 radical (unpaired) electrons. The van der Waals surface area contributed by atoms with Crippen molar-refractivity contribution in [1.82, 2.24) is 14.9 Å². The molecular weight excluding hydrogens is 399 g/mol. The van der Waals surface area contributed by atoms with E-state index in [-0.39, 0.29) is 16.7 Å². The third-order valence-corrected chi connectivity index (χ3v) is 7.32. The van der Waals surface area contributed by atoms with E-state index in [1.165, 1.54) is 6.07 Å². The summed E-state index contributed by atoms with van der Waals surface area (Å²) in [4.78, 5) is 36.2. The minimum absolute atomic E-state index is 0.0235. The highest BCUT2D eigenvalue weighted by Crippen LogP contribution is 2.43. The Kier molecular flexibility index (Phi) is 4.27. The van der Waals surface area contributed by atoms with Gasteiger partial charge in [0.1, 0.15) is 17.0 Å². The molecule has 1 spiro atoms. The van der Waals surface area contributed by atoms with Gasteiger partial charge in [0.15, 0.2) is 0 Å². The van der Waals surface area contributed by atoms with E-state index in [0.717, 1.165) is 64.7 Å². The molecule has 4 fully saturated rings. The van der Waals surface area contributed by atoms with Gasteiger partial charge >= 0.3 is 0 Å². The van der Waals surface area contributed by atoms with E-state index in [0.29, 0.717) is 35.6 Å². The maximum atomic E-state index is 14.5. The summed E-state index contributed by atoms with van der Waals surface area (Å²) in [7, 11) is 0. The van der Waals surface area contributed by atoms with Gasteiger partial charge in [0.2, 0.25) is 11.9 Å². The zero-order chi connectivity index (χ0) is 21.2. The minimum Gasteiger partial charge on any atom is -0.493 e. The fourth-order valence-corrected chi connectivity index (χ4v) is 4.94. The molecule has 0 unspecified atom stereocenters. The Morgan fingerprint density at radius 2 is 1.94 bits per heavy atom. The highest BCUT2D eigenvalue weighted by Gasteiger charge is 2.47. The van der Waals surface area contributed by atoms with Gasteiger partial charge in [0, 0.05) is 49.6 Å². The Bertz CT molecular complexity index is 1090. The Hall–Kier alpha value is -2.64. The van der Waals surface area contributed by atoms with Gasteiger partial charge in [-0.15, -0.1) is 0 Å². The van der Waals surface area contributed by atoms with E-state index >= 15 is 0 Å². The molecule has 1 aromatic carbocycles. The number of nitrogens with zero attached hydrogens (tertiary/aromatic N) is 3. The fourth-order valence-electron chi connectivity index (χ4n) is 4.94. The molecule has 8 heteroatoms. The topological polar surface area (TPSA) is 78.5 Å². The number of fused-ring (bicyclic) bond motifs is 1. The van der Waals surface area contributed by atoms with Crippen molar-refractivity contribution in [3.8, 4) is 5.75 Å². The minimum atomic E-state index is -0.601. The summed E-state index contributed by atoms with van der Waals surface area (Å²) in [6, 6.07) is 2.94. The molecule has 2 saturated carbocycles. The number of aromatic amines is 1. The Morgan fingerprint density at radius 3 is 2.61 bits per heavy atom. The van der Waals surface area contributed by atoms with Gasteiger partial charge in [-0.25, -0.2) is 9.37 Å². The highest BCUT2D eigenvalue weighted by atomic mass is 19.1. The fraction of sp³-hybridized carbons (Fsp3) is 0.609. The molecule has 2 aliphatic heterocycles. The SMILES string of the molecule is O=C(C1CC1)N1CCC2(CC1)CN(c1nc3cc(OCC4CC4)cc(F)c3c(=O)[nH]1)C2. The lowest BCUT2D eigenvalue weighted by Gasteiger charge is -2.54. The number of likely N-dealkylation sites (tertiary alicyclic amines) is 1.